The van der Waals surface area contributed by atoms with Gasteiger partial charge in [-0.2, -0.15) is 0 Å². The second kappa shape index (κ2) is 7.31. The Kier molecular flexibility index (Phi) is 5.35. The molecule has 0 spiro atoms. The van der Waals surface area contributed by atoms with Crippen molar-refractivity contribution in [3.05, 3.63) is 48.6 Å². The van der Waals surface area contributed by atoms with E-state index in [1.54, 1.807) is 0 Å². The molecule has 8 heteroatoms. The van der Waals surface area contributed by atoms with Crippen LogP contribution in [0.1, 0.15) is 26.5 Å². The predicted molar refractivity (Wildman–Crippen MR) is 96.7 cm³/mol. The summed E-state index contributed by atoms with van der Waals surface area (Å²) in [4.78, 5) is 25.7. The van der Waals surface area contributed by atoms with Crippen LogP contribution in [0.4, 0.5) is 5.69 Å². The van der Waals surface area contributed by atoms with Gasteiger partial charge >= 0.3 is 5.97 Å². The Bertz CT molecular complexity index is 798. The molecular formula is C16H12Cl3NO3S. The lowest BCUT2D eigenvalue weighted by Gasteiger charge is -2.09. The van der Waals surface area contributed by atoms with E-state index in [1.807, 2.05) is 6.07 Å². The zero-order valence-electron chi connectivity index (χ0n) is 12.3. The van der Waals surface area contributed by atoms with E-state index in [1.165, 1.54) is 33.9 Å². The third-order valence-corrected chi connectivity index (χ3v) is 5.82. The van der Waals surface area contributed by atoms with Gasteiger partial charge in [0.15, 0.2) is 6.61 Å². The summed E-state index contributed by atoms with van der Waals surface area (Å²) >= 11 is 19.1. The van der Waals surface area contributed by atoms with E-state index in [0.717, 1.165) is 19.3 Å². The zero-order valence-corrected chi connectivity index (χ0v) is 15.4. The number of aryl methyl sites for hydroxylation is 2. The fraction of sp³-hybridized carbons (Fsp3) is 0.250. The largest absolute Gasteiger partial charge is 0.451 e. The Morgan fingerprint density at radius 3 is 2.58 bits per heavy atom. The summed E-state index contributed by atoms with van der Waals surface area (Å²) in [5.74, 6) is -1.00. The molecule has 0 radical (unpaired) electrons. The van der Waals surface area contributed by atoms with E-state index in [-0.39, 0.29) is 15.1 Å². The first kappa shape index (κ1) is 17.5. The molecule has 4 nitrogen and oxygen atoms in total. The maximum Gasteiger partial charge on any atom is 0.348 e. The molecule has 0 unspecified atom stereocenters. The van der Waals surface area contributed by atoms with Crippen molar-refractivity contribution < 1.29 is 14.3 Å². The van der Waals surface area contributed by atoms with Gasteiger partial charge in [0, 0.05) is 4.88 Å². The average molecular weight is 405 g/mol. The van der Waals surface area contributed by atoms with Gasteiger partial charge in [-0.1, -0.05) is 34.8 Å². The SMILES string of the molecule is O=C(COC(=O)c1cc2c(s1)CCC2)Nc1cc(Cl)c(Cl)cc1Cl. The van der Waals surface area contributed by atoms with Crippen LogP contribution in [-0.4, -0.2) is 18.5 Å². The van der Waals surface area contributed by atoms with Gasteiger partial charge < -0.3 is 10.1 Å². The van der Waals surface area contributed by atoms with Gasteiger partial charge in [0.05, 0.1) is 20.8 Å². The molecule has 1 aliphatic rings. The van der Waals surface area contributed by atoms with Crippen LogP contribution < -0.4 is 5.32 Å². The first-order chi connectivity index (χ1) is 11.4. The third kappa shape index (κ3) is 3.86. The molecule has 2 aromatic rings. The van der Waals surface area contributed by atoms with Crippen LogP contribution in [0.2, 0.25) is 15.1 Å². The number of hydrogen-bond acceptors (Lipinski definition) is 4. The second-order valence-corrected chi connectivity index (χ2v) is 7.64. The van der Waals surface area contributed by atoms with Crippen LogP contribution in [0.25, 0.3) is 0 Å². The number of hydrogen-bond donors (Lipinski definition) is 1. The molecular weight excluding hydrogens is 393 g/mol. The number of ether oxygens (including phenoxy) is 1. The number of benzene rings is 1. The van der Waals surface area contributed by atoms with Crippen LogP contribution in [-0.2, 0) is 22.4 Å². The highest BCUT2D eigenvalue weighted by Crippen LogP contribution is 2.32. The molecule has 1 amide bonds. The summed E-state index contributed by atoms with van der Waals surface area (Å²) in [7, 11) is 0. The van der Waals surface area contributed by atoms with E-state index in [0.29, 0.717) is 10.6 Å². The van der Waals surface area contributed by atoms with Crippen molar-refractivity contribution in [1.82, 2.24) is 0 Å². The molecule has 1 aliphatic carbocycles. The lowest BCUT2D eigenvalue weighted by Crippen LogP contribution is -2.20. The van der Waals surface area contributed by atoms with Crippen LogP contribution in [0.15, 0.2) is 18.2 Å². The highest BCUT2D eigenvalue weighted by atomic mass is 35.5. The lowest BCUT2D eigenvalue weighted by molar-refractivity contribution is -0.119. The van der Waals surface area contributed by atoms with Crippen molar-refractivity contribution in [2.75, 3.05) is 11.9 Å². The lowest BCUT2D eigenvalue weighted by atomic mass is 10.2. The minimum atomic E-state index is -0.507. The van der Waals surface area contributed by atoms with E-state index in [9.17, 15) is 9.59 Å². The molecule has 0 fully saturated rings. The number of carbonyl (C=O) groups excluding carboxylic acids is 2. The Morgan fingerprint density at radius 2 is 1.83 bits per heavy atom. The van der Waals surface area contributed by atoms with E-state index < -0.39 is 18.5 Å². The minimum absolute atomic E-state index is 0.249. The summed E-state index contributed by atoms with van der Waals surface area (Å²) < 4.78 is 5.05. The molecule has 24 heavy (non-hydrogen) atoms. The molecule has 1 aromatic carbocycles. The maximum absolute atomic E-state index is 12.0. The van der Waals surface area contributed by atoms with Gasteiger partial charge in [-0.3, -0.25) is 4.79 Å². The highest BCUT2D eigenvalue weighted by molar-refractivity contribution is 7.14. The minimum Gasteiger partial charge on any atom is -0.451 e. The number of halogens is 3. The van der Waals surface area contributed by atoms with Crippen molar-refractivity contribution in [1.29, 1.82) is 0 Å². The van der Waals surface area contributed by atoms with Gasteiger partial charge in [-0.25, -0.2) is 4.79 Å². The fourth-order valence-corrected chi connectivity index (χ4v) is 4.18. The predicted octanol–water partition coefficient (Wildman–Crippen LogP) is 4.99. The number of amides is 1. The zero-order chi connectivity index (χ0) is 17.3. The van der Waals surface area contributed by atoms with Crippen molar-refractivity contribution in [3.8, 4) is 0 Å². The Hall–Kier alpha value is -1.27. The van der Waals surface area contributed by atoms with Gasteiger partial charge in [0.1, 0.15) is 4.88 Å². The van der Waals surface area contributed by atoms with Crippen molar-refractivity contribution in [3.63, 3.8) is 0 Å². The van der Waals surface area contributed by atoms with Gasteiger partial charge in [0.25, 0.3) is 5.91 Å². The number of carbonyl (C=O) groups is 2. The molecule has 0 saturated heterocycles. The number of fused-ring (bicyclic) bond motifs is 1. The summed E-state index contributed by atoms with van der Waals surface area (Å²) in [5.41, 5.74) is 1.52. The standard InChI is InChI=1S/C16H12Cl3NO3S/c17-9-5-11(19)12(6-10(9)18)20-15(21)7-23-16(22)14-4-8-2-1-3-13(8)24-14/h4-6H,1-3,7H2,(H,20,21). The Morgan fingerprint density at radius 1 is 1.08 bits per heavy atom. The number of thiophene rings is 1. The van der Waals surface area contributed by atoms with Gasteiger partial charge in [-0.05, 0) is 43.0 Å². The van der Waals surface area contributed by atoms with Crippen molar-refractivity contribution >= 4 is 63.7 Å². The topological polar surface area (TPSA) is 55.4 Å². The van der Waals surface area contributed by atoms with Gasteiger partial charge in [-0.15, -0.1) is 11.3 Å². The average Bonchev–Trinajstić information content (AvgIpc) is 3.11. The van der Waals surface area contributed by atoms with Crippen molar-refractivity contribution in [2.45, 2.75) is 19.3 Å². The van der Waals surface area contributed by atoms with E-state index in [4.69, 9.17) is 39.5 Å². The van der Waals surface area contributed by atoms with Crippen LogP contribution in [0, 0.1) is 0 Å². The van der Waals surface area contributed by atoms with Crippen LogP contribution in [0.3, 0.4) is 0 Å². The van der Waals surface area contributed by atoms with Crippen LogP contribution in [0.5, 0.6) is 0 Å². The molecule has 126 valence electrons. The molecule has 0 saturated carbocycles. The highest BCUT2D eigenvalue weighted by Gasteiger charge is 2.20. The summed E-state index contributed by atoms with van der Waals surface area (Å²) in [6, 6.07) is 4.72. The Labute approximate surface area is 157 Å². The number of esters is 1. The quantitative estimate of drug-likeness (QED) is 0.577. The van der Waals surface area contributed by atoms with Crippen LogP contribution >= 0.6 is 46.1 Å². The Balaban J connectivity index is 1.57. The molecule has 0 atom stereocenters. The smallest absolute Gasteiger partial charge is 0.348 e. The monoisotopic (exact) mass is 403 g/mol. The summed E-state index contributed by atoms with van der Waals surface area (Å²) in [5, 5.41) is 3.34. The number of rotatable bonds is 4. The van der Waals surface area contributed by atoms with E-state index >= 15 is 0 Å². The summed E-state index contributed by atoms with van der Waals surface area (Å²) in [6.07, 6.45) is 3.13. The summed E-state index contributed by atoms with van der Waals surface area (Å²) in [6.45, 7) is -0.405. The molecule has 0 aliphatic heterocycles. The van der Waals surface area contributed by atoms with Gasteiger partial charge in [0.2, 0.25) is 0 Å². The molecule has 1 aromatic heterocycles. The first-order valence-electron chi connectivity index (χ1n) is 7.17. The molecule has 1 N–H and O–H groups in total. The molecule has 3 rings (SSSR count). The number of nitrogens with one attached hydrogen (secondary N) is 1. The fourth-order valence-electron chi connectivity index (χ4n) is 2.44. The second-order valence-electron chi connectivity index (χ2n) is 5.28. The normalized spacial score (nSPS) is 12.8. The first-order valence-corrected chi connectivity index (χ1v) is 9.12. The number of anilines is 1. The van der Waals surface area contributed by atoms with Crippen molar-refractivity contribution in [2.24, 2.45) is 0 Å². The van der Waals surface area contributed by atoms with E-state index in [2.05, 4.69) is 5.32 Å². The third-order valence-electron chi connectivity index (χ3n) is 3.57. The molecule has 1 heterocycles. The molecule has 0 bridgehead atoms. The maximum atomic E-state index is 12.0.